The van der Waals surface area contributed by atoms with Crippen molar-refractivity contribution in [2.75, 3.05) is 18.9 Å². The minimum absolute atomic E-state index is 0.550. The molecule has 0 aliphatic rings. The Bertz CT molecular complexity index is 578. The Morgan fingerprint density at radius 2 is 1.80 bits per heavy atom. The topological polar surface area (TPSA) is 73.2 Å². The van der Waals surface area contributed by atoms with Crippen molar-refractivity contribution in [2.45, 2.75) is 27.2 Å². The summed E-state index contributed by atoms with van der Waals surface area (Å²) in [5, 5.41) is 7.07. The summed E-state index contributed by atoms with van der Waals surface area (Å²) in [6.45, 7) is 7.16. The lowest BCUT2D eigenvalue weighted by Gasteiger charge is -2.12. The van der Waals surface area contributed by atoms with E-state index in [1.165, 1.54) is 0 Å². The van der Waals surface area contributed by atoms with Crippen molar-refractivity contribution < 1.29 is 9.47 Å². The predicted molar refractivity (Wildman–Crippen MR) is 80.2 cm³/mol. The van der Waals surface area contributed by atoms with E-state index in [-0.39, 0.29) is 0 Å². The van der Waals surface area contributed by atoms with E-state index in [1.54, 1.807) is 0 Å². The number of rotatable bonds is 6. The van der Waals surface area contributed by atoms with Gasteiger partial charge in [0, 0.05) is 11.1 Å². The summed E-state index contributed by atoms with van der Waals surface area (Å²) in [6.07, 6.45) is 0.828. The van der Waals surface area contributed by atoms with Crippen LogP contribution in [0.3, 0.4) is 0 Å². The highest BCUT2D eigenvalue weighted by molar-refractivity contribution is 5.70. The minimum atomic E-state index is 0.550. The van der Waals surface area contributed by atoms with Crippen molar-refractivity contribution in [3.8, 4) is 22.8 Å². The van der Waals surface area contributed by atoms with Crippen LogP contribution in [0.25, 0.3) is 11.3 Å². The van der Waals surface area contributed by atoms with Gasteiger partial charge in [0.05, 0.1) is 18.9 Å². The Balaban J connectivity index is 2.44. The van der Waals surface area contributed by atoms with Crippen molar-refractivity contribution in [3.05, 3.63) is 23.8 Å². The van der Waals surface area contributed by atoms with Crippen LogP contribution in [0.1, 0.15) is 26.3 Å². The van der Waals surface area contributed by atoms with Crippen LogP contribution in [0.15, 0.2) is 18.2 Å². The van der Waals surface area contributed by atoms with Gasteiger partial charge in [-0.05, 0) is 38.5 Å². The molecule has 1 aromatic heterocycles. The Morgan fingerprint density at radius 1 is 1.10 bits per heavy atom. The first kappa shape index (κ1) is 14.2. The zero-order chi connectivity index (χ0) is 14.5. The average Bonchev–Trinajstić information content (AvgIpc) is 2.82. The van der Waals surface area contributed by atoms with Crippen LogP contribution < -0.4 is 15.2 Å². The van der Waals surface area contributed by atoms with Crippen molar-refractivity contribution in [1.82, 2.24) is 10.2 Å². The fourth-order valence-electron chi connectivity index (χ4n) is 2.18. The molecule has 108 valence electrons. The van der Waals surface area contributed by atoms with Crippen LogP contribution in [0.5, 0.6) is 11.5 Å². The van der Waals surface area contributed by atoms with Crippen LogP contribution >= 0.6 is 0 Å². The van der Waals surface area contributed by atoms with Gasteiger partial charge < -0.3 is 15.2 Å². The molecule has 5 heteroatoms. The lowest BCUT2D eigenvalue weighted by molar-refractivity contribution is 0.288. The summed E-state index contributed by atoms with van der Waals surface area (Å²) in [7, 11) is 0. The molecule has 1 aromatic carbocycles. The number of anilines is 1. The Morgan fingerprint density at radius 3 is 2.45 bits per heavy atom. The SMILES string of the molecule is CCOc1ccc(-c2[nH]nc(N)c2CC)cc1OCC. The molecule has 0 unspecified atom stereocenters. The van der Waals surface area contributed by atoms with Gasteiger partial charge in [-0.3, -0.25) is 5.10 Å². The van der Waals surface area contributed by atoms with Crippen LogP contribution in [-0.2, 0) is 6.42 Å². The maximum absolute atomic E-state index is 5.87. The lowest BCUT2D eigenvalue weighted by Crippen LogP contribution is -1.99. The number of aromatic nitrogens is 2. The Hall–Kier alpha value is -2.17. The van der Waals surface area contributed by atoms with Crippen LogP contribution in [0.2, 0.25) is 0 Å². The number of nitrogens with zero attached hydrogens (tertiary/aromatic N) is 1. The standard InChI is InChI=1S/C15H21N3O2/c1-4-11-14(17-18-15(11)16)10-7-8-12(19-5-2)13(9-10)20-6-3/h7-9H,4-6H2,1-3H3,(H3,16,17,18). The van der Waals surface area contributed by atoms with Gasteiger partial charge in [-0.1, -0.05) is 6.92 Å². The molecule has 2 rings (SSSR count). The third kappa shape index (κ3) is 2.71. The van der Waals surface area contributed by atoms with Crippen molar-refractivity contribution >= 4 is 5.82 Å². The van der Waals surface area contributed by atoms with Gasteiger partial charge >= 0.3 is 0 Å². The summed E-state index contributed by atoms with van der Waals surface area (Å²) < 4.78 is 11.2. The number of hydrogen-bond donors (Lipinski definition) is 2. The second-order valence-corrected chi connectivity index (χ2v) is 4.34. The molecule has 0 spiro atoms. The summed E-state index contributed by atoms with van der Waals surface area (Å²) in [5.41, 5.74) is 8.83. The van der Waals surface area contributed by atoms with E-state index >= 15 is 0 Å². The maximum Gasteiger partial charge on any atom is 0.161 e. The fourth-order valence-corrected chi connectivity index (χ4v) is 2.18. The van der Waals surface area contributed by atoms with Gasteiger partial charge in [-0.2, -0.15) is 5.10 Å². The highest BCUT2D eigenvalue weighted by Gasteiger charge is 2.13. The van der Waals surface area contributed by atoms with Gasteiger partial charge in [0.15, 0.2) is 11.5 Å². The van der Waals surface area contributed by atoms with E-state index in [4.69, 9.17) is 15.2 Å². The lowest BCUT2D eigenvalue weighted by atomic mass is 10.1. The Labute approximate surface area is 119 Å². The first-order valence-corrected chi connectivity index (χ1v) is 6.93. The molecule has 0 radical (unpaired) electrons. The quantitative estimate of drug-likeness (QED) is 0.850. The molecule has 2 aromatic rings. The molecular weight excluding hydrogens is 254 g/mol. The molecule has 0 aliphatic carbocycles. The minimum Gasteiger partial charge on any atom is -0.490 e. The second-order valence-electron chi connectivity index (χ2n) is 4.34. The van der Waals surface area contributed by atoms with E-state index in [0.29, 0.717) is 19.0 Å². The molecule has 0 aliphatic heterocycles. The molecule has 20 heavy (non-hydrogen) atoms. The molecule has 5 nitrogen and oxygen atoms in total. The third-order valence-electron chi connectivity index (χ3n) is 3.08. The van der Waals surface area contributed by atoms with Gasteiger partial charge in [0.2, 0.25) is 0 Å². The first-order valence-electron chi connectivity index (χ1n) is 6.93. The Kier molecular flexibility index (Phi) is 4.50. The smallest absolute Gasteiger partial charge is 0.161 e. The van der Waals surface area contributed by atoms with Gasteiger partial charge in [-0.25, -0.2) is 0 Å². The number of nitrogen functional groups attached to an aromatic ring is 1. The molecule has 0 atom stereocenters. The number of aromatic amines is 1. The van der Waals surface area contributed by atoms with Gasteiger partial charge in [0.1, 0.15) is 5.82 Å². The monoisotopic (exact) mass is 275 g/mol. The van der Waals surface area contributed by atoms with E-state index in [9.17, 15) is 0 Å². The summed E-state index contributed by atoms with van der Waals surface area (Å²) >= 11 is 0. The van der Waals surface area contributed by atoms with Crippen molar-refractivity contribution in [2.24, 2.45) is 0 Å². The van der Waals surface area contributed by atoms with E-state index in [1.807, 2.05) is 32.0 Å². The molecule has 0 fully saturated rings. The number of hydrogen-bond acceptors (Lipinski definition) is 4. The number of nitrogens with two attached hydrogens (primary N) is 1. The highest BCUT2D eigenvalue weighted by atomic mass is 16.5. The summed E-state index contributed by atoms with van der Waals surface area (Å²) in [5.74, 6) is 2.04. The maximum atomic E-state index is 5.87. The van der Waals surface area contributed by atoms with Gasteiger partial charge in [-0.15, -0.1) is 0 Å². The second kappa shape index (κ2) is 6.32. The fraction of sp³-hybridized carbons (Fsp3) is 0.400. The number of benzene rings is 1. The molecule has 1 heterocycles. The first-order chi connectivity index (χ1) is 9.71. The van der Waals surface area contributed by atoms with E-state index < -0.39 is 0 Å². The van der Waals surface area contributed by atoms with E-state index in [0.717, 1.165) is 34.7 Å². The highest BCUT2D eigenvalue weighted by Crippen LogP contribution is 2.34. The summed E-state index contributed by atoms with van der Waals surface area (Å²) in [4.78, 5) is 0. The normalized spacial score (nSPS) is 10.6. The van der Waals surface area contributed by atoms with E-state index in [2.05, 4.69) is 17.1 Å². The zero-order valence-electron chi connectivity index (χ0n) is 12.2. The van der Waals surface area contributed by atoms with Crippen LogP contribution in [0, 0.1) is 0 Å². The molecular formula is C15H21N3O2. The largest absolute Gasteiger partial charge is 0.490 e. The average molecular weight is 275 g/mol. The van der Waals surface area contributed by atoms with Crippen molar-refractivity contribution in [3.63, 3.8) is 0 Å². The number of nitrogens with one attached hydrogen (secondary N) is 1. The van der Waals surface area contributed by atoms with Crippen molar-refractivity contribution in [1.29, 1.82) is 0 Å². The molecule has 3 N–H and O–H groups in total. The molecule has 0 bridgehead atoms. The third-order valence-corrected chi connectivity index (χ3v) is 3.08. The zero-order valence-corrected chi connectivity index (χ0v) is 12.2. The van der Waals surface area contributed by atoms with Gasteiger partial charge in [0.25, 0.3) is 0 Å². The molecule has 0 saturated carbocycles. The number of ether oxygens (including phenoxy) is 2. The molecule has 0 amide bonds. The summed E-state index contributed by atoms with van der Waals surface area (Å²) in [6, 6.07) is 5.86. The molecule has 0 saturated heterocycles. The number of H-pyrrole nitrogens is 1. The predicted octanol–water partition coefficient (Wildman–Crippen LogP) is 3.02. The van der Waals surface area contributed by atoms with Crippen LogP contribution in [-0.4, -0.2) is 23.4 Å². The van der Waals surface area contributed by atoms with Crippen LogP contribution in [0.4, 0.5) is 5.82 Å².